The summed E-state index contributed by atoms with van der Waals surface area (Å²) in [5, 5.41) is 3.24. The topological polar surface area (TPSA) is 29.1 Å². The fourth-order valence-corrected chi connectivity index (χ4v) is 2.80. The third-order valence-electron chi connectivity index (χ3n) is 2.10. The van der Waals surface area contributed by atoms with Crippen molar-refractivity contribution in [2.75, 3.05) is 0 Å². The zero-order valence-electron chi connectivity index (χ0n) is 7.70. The van der Waals surface area contributed by atoms with Crippen LogP contribution in [0.4, 0.5) is 0 Å². The highest BCUT2D eigenvalue weighted by Crippen LogP contribution is 2.23. The normalized spacial score (nSPS) is 20.5. The standard InChI is InChI=1S/C10H8ClNOS2/c11-7-3-1-6(2-4-7)5-8-9(13)12-10(14)15-8/h1-4,8H,5H2,(H,12,13,14). The van der Waals surface area contributed by atoms with Gasteiger partial charge in [0.15, 0.2) is 0 Å². The Morgan fingerprint density at radius 1 is 1.40 bits per heavy atom. The average Bonchev–Trinajstić information content (AvgIpc) is 2.49. The van der Waals surface area contributed by atoms with Gasteiger partial charge in [-0.1, -0.05) is 47.7 Å². The van der Waals surface area contributed by atoms with Crippen LogP contribution in [-0.4, -0.2) is 15.5 Å². The number of nitrogens with one attached hydrogen (secondary N) is 1. The Balaban J connectivity index is 2.06. The lowest BCUT2D eigenvalue weighted by Gasteiger charge is -2.05. The molecule has 1 saturated heterocycles. The van der Waals surface area contributed by atoms with Gasteiger partial charge in [0.05, 0.1) is 5.25 Å². The van der Waals surface area contributed by atoms with Crippen molar-refractivity contribution in [3.05, 3.63) is 34.9 Å². The minimum absolute atomic E-state index is 0.0000463. The maximum Gasteiger partial charge on any atom is 0.239 e. The summed E-state index contributed by atoms with van der Waals surface area (Å²) >= 11 is 12.1. The highest BCUT2D eigenvalue weighted by atomic mass is 35.5. The smallest absolute Gasteiger partial charge is 0.239 e. The third-order valence-corrected chi connectivity index (χ3v) is 3.73. The van der Waals surface area contributed by atoms with E-state index in [4.69, 9.17) is 23.8 Å². The number of rotatable bonds is 2. The van der Waals surface area contributed by atoms with Crippen molar-refractivity contribution in [2.45, 2.75) is 11.7 Å². The SMILES string of the molecule is O=C1NC(=S)SC1Cc1ccc(Cl)cc1. The minimum atomic E-state index is -0.0984. The van der Waals surface area contributed by atoms with Gasteiger partial charge in [0.2, 0.25) is 5.91 Å². The highest BCUT2D eigenvalue weighted by molar-refractivity contribution is 8.24. The number of thiocarbonyl (C=S) groups is 1. The summed E-state index contributed by atoms with van der Waals surface area (Å²) in [6.45, 7) is 0. The van der Waals surface area contributed by atoms with Gasteiger partial charge in [0, 0.05) is 5.02 Å². The molecule has 0 spiro atoms. The van der Waals surface area contributed by atoms with E-state index in [2.05, 4.69) is 5.32 Å². The predicted octanol–water partition coefficient (Wildman–Crippen LogP) is 2.40. The molecule has 0 aromatic heterocycles. The summed E-state index contributed by atoms with van der Waals surface area (Å²) in [6, 6.07) is 7.51. The zero-order chi connectivity index (χ0) is 10.8. The summed E-state index contributed by atoms with van der Waals surface area (Å²) in [5.41, 5.74) is 1.09. The second-order valence-corrected chi connectivity index (χ2v) is 5.53. The van der Waals surface area contributed by atoms with E-state index in [1.54, 1.807) is 0 Å². The second kappa shape index (κ2) is 4.51. The van der Waals surface area contributed by atoms with E-state index in [0.717, 1.165) is 5.56 Å². The van der Waals surface area contributed by atoms with Crippen LogP contribution in [-0.2, 0) is 11.2 Å². The molecule has 1 aromatic rings. The van der Waals surface area contributed by atoms with Crippen LogP contribution < -0.4 is 5.32 Å². The number of halogens is 1. The summed E-state index contributed by atoms with van der Waals surface area (Å²) < 4.78 is 0.568. The summed E-state index contributed by atoms with van der Waals surface area (Å²) in [7, 11) is 0. The molecule has 0 bridgehead atoms. The molecule has 0 aliphatic carbocycles. The number of carbonyl (C=O) groups excluding carboxylic acids is 1. The molecular formula is C10H8ClNOS2. The van der Waals surface area contributed by atoms with E-state index < -0.39 is 0 Å². The molecule has 1 amide bonds. The van der Waals surface area contributed by atoms with Gasteiger partial charge in [-0.2, -0.15) is 0 Å². The van der Waals surface area contributed by atoms with Crippen LogP contribution in [0.2, 0.25) is 5.02 Å². The molecule has 1 aliphatic heterocycles. The molecule has 0 radical (unpaired) electrons. The Morgan fingerprint density at radius 3 is 2.60 bits per heavy atom. The molecular weight excluding hydrogens is 250 g/mol. The summed E-state index contributed by atoms with van der Waals surface area (Å²) in [5.74, 6) is -0.0000463. The second-order valence-electron chi connectivity index (χ2n) is 3.21. The lowest BCUT2D eigenvalue weighted by Crippen LogP contribution is -2.25. The van der Waals surface area contributed by atoms with Gasteiger partial charge in [0.25, 0.3) is 0 Å². The molecule has 1 fully saturated rings. The lowest BCUT2D eigenvalue weighted by atomic mass is 10.1. The number of benzene rings is 1. The van der Waals surface area contributed by atoms with Gasteiger partial charge in [0.1, 0.15) is 4.32 Å². The maximum absolute atomic E-state index is 11.4. The molecule has 1 N–H and O–H groups in total. The first-order valence-corrected chi connectivity index (χ1v) is 6.07. The van der Waals surface area contributed by atoms with Crippen molar-refractivity contribution in [2.24, 2.45) is 0 Å². The molecule has 2 nitrogen and oxygen atoms in total. The van der Waals surface area contributed by atoms with Crippen molar-refractivity contribution in [3.8, 4) is 0 Å². The molecule has 0 saturated carbocycles. The number of carbonyl (C=O) groups is 1. The third kappa shape index (κ3) is 2.71. The van der Waals surface area contributed by atoms with Gasteiger partial charge >= 0.3 is 0 Å². The van der Waals surface area contributed by atoms with E-state index in [1.807, 2.05) is 24.3 Å². The first kappa shape index (κ1) is 10.9. The van der Waals surface area contributed by atoms with Gasteiger partial charge in [-0.15, -0.1) is 0 Å². The Hall–Kier alpha value is -0.580. The number of hydrogen-bond donors (Lipinski definition) is 1. The van der Waals surface area contributed by atoms with E-state index in [9.17, 15) is 4.79 Å². The van der Waals surface area contributed by atoms with Crippen LogP contribution in [0.5, 0.6) is 0 Å². The van der Waals surface area contributed by atoms with Gasteiger partial charge < -0.3 is 5.32 Å². The van der Waals surface area contributed by atoms with Crippen molar-refractivity contribution in [3.63, 3.8) is 0 Å². The van der Waals surface area contributed by atoms with Crippen LogP contribution in [0.15, 0.2) is 24.3 Å². The Kier molecular flexibility index (Phi) is 3.29. The molecule has 1 aliphatic rings. The minimum Gasteiger partial charge on any atom is -0.311 e. The van der Waals surface area contributed by atoms with Crippen LogP contribution in [0.1, 0.15) is 5.56 Å². The molecule has 2 rings (SSSR count). The molecule has 15 heavy (non-hydrogen) atoms. The van der Waals surface area contributed by atoms with Crippen LogP contribution in [0.3, 0.4) is 0 Å². The molecule has 5 heteroatoms. The van der Waals surface area contributed by atoms with E-state index in [-0.39, 0.29) is 11.2 Å². The fraction of sp³-hybridized carbons (Fsp3) is 0.200. The van der Waals surface area contributed by atoms with Gasteiger partial charge in [-0.3, -0.25) is 4.79 Å². The Bertz CT molecular complexity index is 404. The van der Waals surface area contributed by atoms with Gasteiger partial charge in [-0.05, 0) is 24.1 Å². The van der Waals surface area contributed by atoms with Crippen molar-refractivity contribution < 1.29 is 4.79 Å². The van der Waals surface area contributed by atoms with E-state index in [0.29, 0.717) is 15.8 Å². The van der Waals surface area contributed by atoms with E-state index >= 15 is 0 Å². The largest absolute Gasteiger partial charge is 0.311 e. The van der Waals surface area contributed by atoms with Crippen LogP contribution in [0, 0.1) is 0 Å². The van der Waals surface area contributed by atoms with Crippen LogP contribution >= 0.6 is 35.6 Å². The number of amides is 1. The Morgan fingerprint density at radius 2 is 2.07 bits per heavy atom. The monoisotopic (exact) mass is 257 g/mol. The van der Waals surface area contributed by atoms with Crippen molar-refractivity contribution in [1.29, 1.82) is 0 Å². The molecule has 1 unspecified atom stereocenters. The number of thioether (sulfide) groups is 1. The predicted molar refractivity (Wildman–Crippen MR) is 67.3 cm³/mol. The Labute approximate surface area is 102 Å². The molecule has 1 aromatic carbocycles. The fourth-order valence-electron chi connectivity index (χ4n) is 1.36. The summed E-state index contributed by atoms with van der Waals surface area (Å²) in [4.78, 5) is 11.4. The molecule has 1 atom stereocenters. The molecule has 1 heterocycles. The average molecular weight is 258 g/mol. The summed E-state index contributed by atoms with van der Waals surface area (Å²) in [6.07, 6.45) is 0.688. The van der Waals surface area contributed by atoms with Crippen molar-refractivity contribution in [1.82, 2.24) is 5.32 Å². The first-order valence-electron chi connectivity index (χ1n) is 4.41. The highest BCUT2D eigenvalue weighted by Gasteiger charge is 2.28. The zero-order valence-corrected chi connectivity index (χ0v) is 10.1. The lowest BCUT2D eigenvalue weighted by molar-refractivity contribution is -0.118. The maximum atomic E-state index is 11.4. The quantitative estimate of drug-likeness (QED) is 0.825. The van der Waals surface area contributed by atoms with E-state index in [1.165, 1.54) is 11.8 Å². The first-order chi connectivity index (χ1) is 7.15. The van der Waals surface area contributed by atoms with Crippen molar-refractivity contribution >= 4 is 45.8 Å². The molecule has 78 valence electrons. The number of hydrogen-bond acceptors (Lipinski definition) is 3. The van der Waals surface area contributed by atoms with Crippen LogP contribution in [0.25, 0.3) is 0 Å². The van der Waals surface area contributed by atoms with Gasteiger partial charge in [-0.25, -0.2) is 0 Å².